The molecule has 0 aliphatic rings. The number of hydrogen-bond donors (Lipinski definition) is 2. The first-order valence-corrected chi connectivity index (χ1v) is 11.0. The van der Waals surface area contributed by atoms with Gasteiger partial charge in [0.2, 0.25) is 23.5 Å². The Bertz CT molecular complexity index is 1300. The maximum atomic E-state index is 13.4. The van der Waals surface area contributed by atoms with Gasteiger partial charge in [-0.2, -0.15) is 4.98 Å². The zero-order valence-electron chi connectivity index (χ0n) is 17.9. The van der Waals surface area contributed by atoms with E-state index in [0.717, 1.165) is 11.3 Å². The maximum absolute atomic E-state index is 13.4. The van der Waals surface area contributed by atoms with Gasteiger partial charge in [-0.1, -0.05) is 17.3 Å². The van der Waals surface area contributed by atoms with Crippen molar-refractivity contribution >= 4 is 34.0 Å². The molecule has 0 bridgehead atoms. The summed E-state index contributed by atoms with van der Waals surface area (Å²) in [6.07, 6.45) is 0.409. The predicted molar refractivity (Wildman–Crippen MR) is 123 cm³/mol. The molecule has 33 heavy (non-hydrogen) atoms. The molecule has 2 N–H and O–H groups in total. The van der Waals surface area contributed by atoms with Crippen LogP contribution < -0.4 is 10.6 Å². The summed E-state index contributed by atoms with van der Waals surface area (Å²) in [7, 11) is 0. The molecule has 0 fully saturated rings. The first-order chi connectivity index (χ1) is 15.9. The van der Waals surface area contributed by atoms with E-state index in [1.165, 1.54) is 24.3 Å². The maximum Gasteiger partial charge on any atom is 0.227 e. The molecule has 2 amide bonds. The smallest absolute Gasteiger partial charge is 0.227 e. The van der Waals surface area contributed by atoms with Crippen molar-refractivity contribution in [3.63, 3.8) is 0 Å². The number of nitrogens with one attached hydrogen (secondary N) is 2. The molecule has 0 spiro atoms. The summed E-state index contributed by atoms with van der Waals surface area (Å²) >= 11 is 1.32. The third kappa shape index (κ3) is 5.66. The molecule has 2 aromatic heterocycles. The fourth-order valence-corrected chi connectivity index (χ4v) is 3.79. The minimum Gasteiger partial charge on any atom is -0.339 e. The lowest BCUT2D eigenvalue weighted by atomic mass is 10.1. The Morgan fingerprint density at radius 1 is 1.06 bits per heavy atom. The van der Waals surface area contributed by atoms with Gasteiger partial charge in [-0.15, -0.1) is 11.3 Å². The van der Waals surface area contributed by atoms with Gasteiger partial charge in [0.1, 0.15) is 5.82 Å². The van der Waals surface area contributed by atoms with E-state index in [4.69, 9.17) is 4.52 Å². The van der Waals surface area contributed by atoms with Crippen molar-refractivity contribution in [2.75, 3.05) is 10.6 Å². The topological polar surface area (TPSA) is 110 Å². The molecule has 0 saturated carbocycles. The number of aryl methyl sites for hydroxylation is 2. The summed E-state index contributed by atoms with van der Waals surface area (Å²) < 4.78 is 18.6. The number of carbonyl (C=O) groups is 2. The molecule has 0 unspecified atom stereocenters. The largest absolute Gasteiger partial charge is 0.339 e. The molecule has 10 heteroatoms. The Morgan fingerprint density at radius 2 is 1.82 bits per heavy atom. The minimum absolute atomic E-state index is 0.135. The average molecular weight is 466 g/mol. The second kappa shape index (κ2) is 9.70. The van der Waals surface area contributed by atoms with Crippen molar-refractivity contribution in [2.24, 2.45) is 0 Å². The number of thiazole rings is 1. The van der Waals surface area contributed by atoms with Gasteiger partial charge >= 0.3 is 0 Å². The molecule has 8 nitrogen and oxygen atoms in total. The fraction of sp³-hybridized carbons (Fsp3) is 0.174. The van der Waals surface area contributed by atoms with Gasteiger partial charge in [-0.25, -0.2) is 9.37 Å². The van der Waals surface area contributed by atoms with Crippen LogP contribution >= 0.6 is 11.3 Å². The normalized spacial score (nSPS) is 10.8. The molecule has 0 saturated heterocycles. The minimum atomic E-state index is -0.300. The van der Waals surface area contributed by atoms with Gasteiger partial charge in [0.15, 0.2) is 5.13 Å². The van der Waals surface area contributed by atoms with E-state index >= 15 is 0 Å². The lowest BCUT2D eigenvalue weighted by molar-refractivity contribution is -0.116. The second-order valence-electron chi connectivity index (χ2n) is 7.32. The lowest BCUT2D eigenvalue weighted by Crippen LogP contribution is -2.12. The molecular weight excluding hydrogens is 445 g/mol. The lowest BCUT2D eigenvalue weighted by Gasteiger charge is -2.03. The Hall–Kier alpha value is -3.92. The SMILES string of the molecule is CC(=O)Nc1ccc(-c2csc(NC(=O)CCc3nc(-c4ccc(F)c(C)c4)no3)n2)cc1. The summed E-state index contributed by atoms with van der Waals surface area (Å²) in [5.74, 6) is 0.00768. The van der Waals surface area contributed by atoms with Crippen molar-refractivity contribution in [3.05, 3.63) is 65.1 Å². The number of benzene rings is 2. The number of hydrogen-bond acceptors (Lipinski definition) is 7. The van der Waals surface area contributed by atoms with Crippen molar-refractivity contribution in [1.29, 1.82) is 0 Å². The van der Waals surface area contributed by atoms with Crippen LogP contribution in [0.4, 0.5) is 15.2 Å². The van der Waals surface area contributed by atoms with Gasteiger partial charge < -0.3 is 15.2 Å². The number of anilines is 2. The molecule has 2 heterocycles. The standard InChI is InChI=1S/C23H20FN5O3S/c1-13-11-16(5-8-18(13)24)22-28-21(32-29-22)10-9-20(31)27-23-26-19(12-33-23)15-3-6-17(7-4-15)25-14(2)30/h3-8,11-12H,9-10H2,1-2H3,(H,25,30)(H,26,27,31). The van der Waals surface area contributed by atoms with E-state index in [2.05, 4.69) is 25.8 Å². The van der Waals surface area contributed by atoms with Crippen LogP contribution in [0.3, 0.4) is 0 Å². The first kappa shape index (κ1) is 22.3. The van der Waals surface area contributed by atoms with Crippen molar-refractivity contribution < 1.29 is 18.5 Å². The van der Waals surface area contributed by atoms with Crippen LogP contribution in [0.25, 0.3) is 22.6 Å². The predicted octanol–water partition coefficient (Wildman–Crippen LogP) is 4.84. The van der Waals surface area contributed by atoms with Gasteiger partial charge in [-0.3, -0.25) is 9.59 Å². The highest BCUT2D eigenvalue weighted by atomic mass is 32.1. The van der Waals surface area contributed by atoms with E-state index in [0.29, 0.717) is 33.7 Å². The summed E-state index contributed by atoms with van der Waals surface area (Å²) in [5.41, 5.74) is 3.43. The van der Waals surface area contributed by atoms with Crippen LogP contribution in [0.15, 0.2) is 52.4 Å². The zero-order valence-corrected chi connectivity index (χ0v) is 18.7. The van der Waals surface area contributed by atoms with Gasteiger partial charge in [0.25, 0.3) is 0 Å². The third-order valence-corrected chi connectivity index (χ3v) is 5.46. The third-order valence-electron chi connectivity index (χ3n) is 4.70. The van der Waals surface area contributed by atoms with Crippen LogP contribution in [-0.2, 0) is 16.0 Å². The molecule has 0 aliphatic carbocycles. The summed E-state index contributed by atoms with van der Waals surface area (Å²) in [5, 5.41) is 11.7. The molecule has 0 radical (unpaired) electrons. The number of rotatable bonds is 7. The Balaban J connectivity index is 1.32. The summed E-state index contributed by atoms with van der Waals surface area (Å²) in [6.45, 7) is 3.11. The number of aromatic nitrogens is 3. The van der Waals surface area contributed by atoms with E-state index in [-0.39, 0.29) is 30.5 Å². The van der Waals surface area contributed by atoms with Crippen molar-refractivity contribution in [3.8, 4) is 22.6 Å². The van der Waals surface area contributed by atoms with E-state index in [9.17, 15) is 14.0 Å². The highest BCUT2D eigenvalue weighted by molar-refractivity contribution is 7.14. The fourth-order valence-electron chi connectivity index (χ4n) is 3.05. The van der Waals surface area contributed by atoms with E-state index < -0.39 is 0 Å². The monoisotopic (exact) mass is 465 g/mol. The van der Waals surface area contributed by atoms with Gasteiger partial charge in [0.05, 0.1) is 5.69 Å². The summed E-state index contributed by atoms with van der Waals surface area (Å²) in [6, 6.07) is 11.9. The Kier molecular flexibility index (Phi) is 6.55. The van der Waals surface area contributed by atoms with Gasteiger partial charge in [-0.05, 0) is 42.8 Å². The molecule has 2 aromatic carbocycles. The van der Waals surface area contributed by atoms with Gasteiger partial charge in [0, 0.05) is 42.0 Å². The Morgan fingerprint density at radius 3 is 2.55 bits per heavy atom. The first-order valence-electron chi connectivity index (χ1n) is 10.1. The zero-order chi connectivity index (χ0) is 23.4. The number of carbonyl (C=O) groups excluding carboxylic acids is 2. The van der Waals surface area contributed by atoms with Crippen LogP contribution in [0, 0.1) is 12.7 Å². The van der Waals surface area contributed by atoms with E-state index in [1.807, 2.05) is 17.5 Å². The molecule has 4 aromatic rings. The molecular formula is C23H20FN5O3S. The van der Waals surface area contributed by atoms with Crippen molar-refractivity contribution in [1.82, 2.24) is 15.1 Å². The van der Waals surface area contributed by atoms with Crippen LogP contribution in [0.1, 0.15) is 24.8 Å². The van der Waals surface area contributed by atoms with Crippen LogP contribution in [0.2, 0.25) is 0 Å². The summed E-state index contributed by atoms with van der Waals surface area (Å²) in [4.78, 5) is 32.2. The Labute approximate surface area is 192 Å². The number of nitrogens with zero attached hydrogens (tertiary/aromatic N) is 3. The number of amides is 2. The van der Waals surface area contributed by atoms with Crippen molar-refractivity contribution in [2.45, 2.75) is 26.7 Å². The van der Waals surface area contributed by atoms with Crippen LogP contribution in [-0.4, -0.2) is 26.9 Å². The van der Waals surface area contributed by atoms with E-state index in [1.54, 1.807) is 31.2 Å². The van der Waals surface area contributed by atoms with Crippen LogP contribution in [0.5, 0.6) is 0 Å². The molecule has 0 atom stereocenters. The highest BCUT2D eigenvalue weighted by Crippen LogP contribution is 2.26. The molecule has 0 aliphatic heterocycles. The highest BCUT2D eigenvalue weighted by Gasteiger charge is 2.13. The molecule has 168 valence electrons. The molecule has 4 rings (SSSR count). The number of halogens is 1. The average Bonchev–Trinajstić information content (AvgIpc) is 3.44. The second-order valence-corrected chi connectivity index (χ2v) is 8.18. The quantitative estimate of drug-likeness (QED) is 0.404.